The molecule has 0 fully saturated rings. The molecule has 8 radical (unpaired) electrons. The van der Waals surface area contributed by atoms with Gasteiger partial charge < -0.3 is 44.5 Å². The Morgan fingerprint density at radius 3 is 0.978 bits per heavy atom. The summed E-state index contributed by atoms with van der Waals surface area (Å²) in [5, 5.41) is 23.0. The zero-order chi connectivity index (χ0) is 31.8. The van der Waals surface area contributed by atoms with Crippen LogP contribution in [0.4, 0.5) is 0 Å². The molecule has 252 valence electrons. The van der Waals surface area contributed by atoms with Crippen molar-refractivity contribution < 1.29 is 54.1 Å². The van der Waals surface area contributed by atoms with Crippen molar-refractivity contribution in [2.45, 2.75) is 79.1 Å². The summed E-state index contributed by atoms with van der Waals surface area (Å²) in [5.41, 5.74) is -0.863. The smallest absolute Gasteiger partial charge is 1.00 e. The van der Waals surface area contributed by atoms with Crippen molar-refractivity contribution in [3.63, 3.8) is 0 Å². The molecule has 45 heavy (non-hydrogen) atoms. The van der Waals surface area contributed by atoms with Gasteiger partial charge in [0, 0.05) is 5.41 Å². The van der Waals surface area contributed by atoms with Gasteiger partial charge in [-0.05, 0) is 24.3 Å². The molecule has 2 aromatic rings. The molecule has 0 saturated carbocycles. The first kappa shape index (κ1) is 59.9. The van der Waals surface area contributed by atoms with Gasteiger partial charge in [0.1, 0.15) is 0 Å². The Morgan fingerprint density at radius 2 is 0.800 bits per heavy atom. The second-order valence-corrected chi connectivity index (χ2v) is 9.09. The van der Waals surface area contributed by atoms with Crippen LogP contribution in [0.5, 0.6) is 0 Å². The molecule has 10 heteroatoms. The predicted molar refractivity (Wildman–Crippen MR) is 178 cm³/mol. The topological polar surface area (TPSA) is 98.7 Å². The summed E-state index contributed by atoms with van der Waals surface area (Å²) in [7, 11) is 0. The van der Waals surface area contributed by atoms with Crippen molar-refractivity contribution in [3.05, 3.63) is 99.5 Å². The monoisotopic (exact) mass is 880 g/mol. The van der Waals surface area contributed by atoms with Crippen LogP contribution >= 0.6 is 0 Å². The number of hydrogen-bond donors (Lipinski definition) is 0. The van der Waals surface area contributed by atoms with E-state index in [1.54, 1.807) is 60.7 Å². The van der Waals surface area contributed by atoms with Crippen molar-refractivity contribution in [1.29, 1.82) is 0 Å². The van der Waals surface area contributed by atoms with Gasteiger partial charge in [0.15, 0.2) is 0 Å². The Bertz CT molecular complexity index is 746. The minimum Gasteiger partial charge on any atom is -1.00 e. The van der Waals surface area contributed by atoms with Crippen LogP contribution in [-0.2, 0) is 9.47 Å². The Kier molecular flexibility index (Phi) is 60.7. The first-order chi connectivity index (χ1) is 19.8. The molecule has 0 aromatic heterocycles. The van der Waals surface area contributed by atoms with Crippen LogP contribution in [0.15, 0.2) is 60.7 Å². The normalized spacial score (nSPS) is 8.76. The maximum absolute atomic E-state index is 11.9. The number of hydrogen-bond acceptors (Lipinski definition) is 6. The number of rotatable bonds is 12. The third-order valence-corrected chi connectivity index (χ3v) is 5.06. The number of halogens is 2. The Hall–Kier alpha value is -0.523. The number of carbonyl (C=O) groups is 2. The van der Waals surface area contributed by atoms with Gasteiger partial charge in [-0.15, -0.1) is 13.2 Å². The average Bonchev–Trinajstić information content (AvgIpc) is 3.06. The molecule has 0 N–H and O–H groups in total. The molecule has 0 aliphatic rings. The molecule has 0 aliphatic heterocycles. The first-order valence-electron chi connectivity index (χ1n) is 14.5. The maximum atomic E-state index is 11.9. The second-order valence-electron chi connectivity index (χ2n) is 9.09. The third kappa shape index (κ3) is 36.2. The summed E-state index contributed by atoms with van der Waals surface area (Å²) in [5.74, 6) is -1.28. The molecule has 0 saturated heterocycles. The maximum Gasteiger partial charge on any atom is 2.00 e. The standard InChI is InChI=1S/C19H18O6.4C4H9.2ClH.2Sn/c20-11-19(12-21,13-24-17(22)15-7-3-1-4-8-15)14-25-18(23)16-9-5-2-6-10-16;4*1-3-4-2;;;;/h1-10H,11-14H2;4*1,3-4H2,2H3;2*1H;;/q-2;;;;;;;2*+2/p-2. The minimum absolute atomic E-state index is 0. The fraction of sp³-hybridized carbons (Fsp3) is 0.486. The van der Waals surface area contributed by atoms with E-state index in [9.17, 15) is 19.8 Å². The SMILES string of the molecule is O=C(OCC(C[O-])(C[O-])COC(=O)c1ccccc1)c1ccccc1.[CH2]CCC.[CH2]CCC.[CH2]CCC.[CH2]CCC.[Cl-].[Cl-].[Sn+2].[Sn+2]. The van der Waals surface area contributed by atoms with E-state index in [-0.39, 0.29) is 72.6 Å². The van der Waals surface area contributed by atoms with Crippen LogP contribution in [0.3, 0.4) is 0 Å². The van der Waals surface area contributed by atoms with Gasteiger partial charge >= 0.3 is 59.8 Å². The fourth-order valence-electron chi connectivity index (χ4n) is 2.00. The molecule has 0 spiro atoms. The van der Waals surface area contributed by atoms with Gasteiger partial charge in [0.2, 0.25) is 0 Å². The zero-order valence-electron chi connectivity index (χ0n) is 27.8. The van der Waals surface area contributed by atoms with E-state index < -0.39 is 43.8 Å². The van der Waals surface area contributed by atoms with Crippen molar-refractivity contribution in [3.8, 4) is 0 Å². The van der Waals surface area contributed by atoms with Crippen LogP contribution in [-0.4, -0.2) is 86.2 Å². The fourth-order valence-corrected chi connectivity index (χ4v) is 2.00. The summed E-state index contributed by atoms with van der Waals surface area (Å²) >= 11 is 0. The summed E-state index contributed by atoms with van der Waals surface area (Å²) in [4.78, 5) is 23.9. The number of unbranched alkanes of at least 4 members (excludes halogenated alkanes) is 4. The number of esters is 2. The van der Waals surface area contributed by atoms with Crippen LogP contribution < -0.4 is 35.0 Å². The Morgan fingerprint density at radius 1 is 0.578 bits per heavy atom. The number of benzene rings is 2. The number of ether oxygens (including phenoxy) is 2. The first-order valence-corrected chi connectivity index (χ1v) is 14.5. The van der Waals surface area contributed by atoms with Gasteiger partial charge in [0.05, 0.1) is 24.3 Å². The molecular weight excluding hydrogens is 825 g/mol. The number of carbonyl (C=O) groups excluding carboxylic acids is 2. The van der Waals surface area contributed by atoms with Crippen LogP contribution in [0.25, 0.3) is 0 Å². The molecule has 0 unspecified atom stereocenters. The summed E-state index contributed by atoms with van der Waals surface area (Å²) in [6.07, 6.45) is 9.11. The third-order valence-electron chi connectivity index (χ3n) is 5.06. The van der Waals surface area contributed by atoms with E-state index in [4.69, 9.17) is 9.47 Å². The van der Waals surface area contributed by atoms with Gasteiger partial charge in [0.25, 0.3) is 0 Å². The molecule has 0 amide bonds. The van der Waals surface area contributed by atoms with Gasteiger partial charge in [-0.2, -0.15) is 0 Å². The summed E-state index contributed by atoms with van der Waals surface area (Å²) in [6.45, 7) is 20.4. The van der Waals surface area contributed by atoms with Gasteiger partial charge in [-0.1, -0.05) is 143 Å². The van der Waals surface area contributed by atoms with Crippen LogP contribution in [0.1, 0.15) is 99.8 Å². The van der Waals surface area contributed by atoms with E-state index in [0.29, 0.717) is 11.1 Å². The zero-order valence-corrected chi connectivity index (χ0v) is 35.0. The molecule has 2 aromatic carbocycles. The van der Waals surface area contributed by atoms with Crippen LogP contribution in [0, 0.1) is 33.1 Å². The van der Waals surface area contributed by atoms with Crippen molar-refractivity contribution in [2.75, 3.05) is 26.4 Å². The quantitative estimate of drug-likeness (QED) is 0.223. The van der Waals surface area contributed by atoms with Crippen molar-refractivity contribution in [1.82, 2.24) is 0 Å². The molecule has 0 atom stereocenters. The van der Waals surface area contributed by atoms with E-state index >= 15 is 0 Å². The molecular formula is C35H54Cl2O6Sn2. The van der Waals surface area contributed by atoms with Gasteiger partial charge in [-0.3, -0.25) is 0 Å². The average molecular weight is 879 g/mol. The van der Waals surface area contributed by atoms with E-state index in [0.717, 1.165) is 25.7 Å². The molecule has 0 bridgehead atoms. The largest absolute Gasteiger partial charge is 2.00 e. The predicted octanol–water partition coefficient (Wildman–Crippen LogP) is 0.136. The minimum atomic E-state index is -1.49. The Labute approximate surface area is 322 Å². The summed E-state index contributed by atoms with van der Waals surface area (Å²) in [6, 6.07) is 16.4. The Balaban J connectivity index is -0.000000121. The van der Waals surface area contributed by atoms with Crippen LogP contribution in [0.2, 0.25) is 0 Å². The molecule has 0 heterocycles. The van der Waals surface area contributed by atoms with E-state index in [2.05, 4.69) is 55.4 Å². The van der Waals surface area contributed by atoms with Crippen molar-refractivity contribution in [2.24, 2.45) is 5.41 Å². The van der Waals surface area contributed by atoms with Crippen molar-refractivity contribution >= 4 is 59.8 Å². The second kappa shape index (κ2) is 45.6. The molecule has 2 rings (SSSR count). The van der Waals surface area contributed by atoms with Gasteiger partial charge in [-0.25, -0.2) is 9.59 Å². The van der Waals surface area contributed by atoms with E-state index in [1.165, 1.54) is 25.7 Å². The summed E-state index contributed by atoms with van der Waals surface area (Å²) < 4.78 is 10.2. The molecule has 6 nitrogen and oxygen atoms in total. The van der Waals surface area contributed by atoms with E-state index in [1.807, 2.05) is 0 Å². The molecule has 0 aliphatic carbocycles.